The molecule has 1 aromatic carbocycles. The Morgan fingerprint density at radius 2 is 1.97 bits per heavy atom. The molecule has 0 amide bonds. The first-order chi connectivity index (χ1) is 15.0. The van der Waals surface area contributed by atoms with Gasteiger partial charge in [-0.15, -0.1) is 12.4 Å². The summed E-state index contributed by atoms with van der Waals surface area (Å²) in [7, 11) is 0. The van der Waals surface area contributed by atoms with Gasteiger partial charge in [-0.2, -0.15) is 11.3 Å². The highest BCUT2D eigenvalue weighted by molar-refractivity contribution is 7.08. The predicted molar refractivity (Wildman–Crippen MR) is 134 cm³/mol. The van der Waals surface area contributed by atoms with Crippen LogP contribution in [0.2, 0.25) is 5.02 Å². The number of hydrogen-bond acceptors (Lipinski definition) is 4. The Kier molecular flexibility index (Phi) is 6.96. The third-order valence-corrected chi connectivity index (χ3v) is 7.83. The van der Waals surface area contributed by atoms with E-state index in [4.69, 9.17) is 11.6 Å². The van der Waals surface area contributed by atoms with E-state index in [1.54, 1.807) is 22.1 Å². The summed E-state index contributed by atoms with van der Waals surface area (Å²) in [5.41, 5.74) is 3.99. The summed E-state index contributed by atoms with van der Waals surface area (Å²) in [5, 5.41) is 4.70. The van der Waals surface area contributed by atoms with Crippen molar-refractivity contribution in [1.29, 1.82) is 0 Å². The Labute approximate surface area is 202 Å². The minimum absolute atomic E-state index is 0. The largest absolute Gasteiger partial charge is 0.328 e. The SMILES string of the molecule is Cl.O=c1[nH]c(=O)n(CCCCN2CCC3(CCc4cc(Cl)ccc43)C2)cc1-c1ccsc1. The maximum atomic E-state index is 12.2. The number of H-pyrrole nitrogens is 1. The second-order valence-corrected chi connectivity index (χ2v) is 10.0. The van der Waals surface area contributed by atoms with Crippen molar-refractivity contribution in [1.82, 2.24) is 14.5 Å². The number of halogens is 2. The summed E-state index contributed by atoms with van der Waals surface area (Å²) in [6.45, 7) is 3.90. The number of likely N-dealkylation sites (tertiary alicyclic amines) is 1. The Morgan fingerprint density at radius 1 is 1.12 bits per heavy atom. The van der Waals surface area contributed by atoms with Crippen molar-refractivity contribution in [3.05, 3.63) is 78.2 Å². The number of unbranched alkanes of at least 4 members (excludes halogenated alkanes) is 1. The molecule has 2 aliphatic rings. The molecule has 1 fully saturated rings. The number of aromatic nitrogens is 2. The van der Waals surface area contributed by atoms with Crippen molar-refractivity contribution in [2.75, 3.05) is 19.6 Å². The third kappa shape index (κ3) is 4.46. The molecule has 0 saturated carbocycles. The Hall–Kier alpha value is -1.86. The fourth-order valence-electron chi connectivity index (χ4n) is 5.28. The molecule has 1 spiro atoms. The molecule has 1 N–H and O–H groups in total. The molecular formula is C24H27Cl2N3O2S. The van der Waals surface area contributed by atoms with E-state index in [2.05, 4.69) is 22.0 Å². The van der Waals surface area contributed by atoms with Gasteiger partial charge < -0.3 is 4.90 Å². The van der Waals surface area contributed by atoms with Crippen molar-refractivity contribution in [3.8, 4) is 11.1 Å². The summed E-state index contributed by atoms with van der Waals surface area (Å²) in [6.07, 6.45) is 7.20. The van der Waals surface area contributed by atoms with E-state index in [0.717, 1.165) is 49.5 Å². The molecule has 8 heteroatoms. The van der Waals surface area contributed by atoms with E-state index >= 15 is 0 Å². The molecule has 1 atom stereocenters. The molecule has 32 heavy (non-hydrogen) atoms. The lowest BCUT2D eigenvalue weighted by molar-refractivity contribution is 0.299. The molecular weight excluding hydrogens is 465 g/mol. The lowest BCUT2D eigenvalue weighted by Gasteiger charge is -2.25. The first-order valence-electron chi connectivity index (χ1n) is 10.9. The monoisotopic (exact) mass is 491 g/mol. The molecule has 170 valence electrons. The van der Waals surface area contributed by atoms with Crippen LogP contribution in [-0.4, -0.2) is 34.1 Å². The average Bonchev–Trinajstić information content (AvgIpc) is 3.49. The van der Waals surface area contributed by atoms with Gasteiger partial charge in [-0.05, 0) is 90.8 Å². The summed E-state index contributed by atoms with van der Waals surface area (Å²) < 4.78 is 1.64. The number of fused-ring (bicyclic) bond motifs is 2. The van der Waals surface area contributed by atoms with Crippen LogP contribution in [0.3, 0.4) is 0 Å². The first kappa shape index (κ1) is 23.3. The number of aromatic amines is 1. The van der Waals surface area contributed by atoms with E-state index in [1.807, 2.05) is 22.9 Å². The topological polar surface area (TPSA) is 58.1 Å². The fourth-order valence-corrected chi connectivity index (χ4v) is 6.14. The average molecular weight is 492 g/mol. The Morgan fingerprint density at radius 3 is 2.78 bits per heavy atom. The van der Waals surface area contributed by atoms with Crippen LogP contribution in [0.15, 0.2) is 50.8 Å². The van der Waals surface area contributed by atoms with Crippen LogP contribution in [0.25, 0.3) is 11.1 Å². The van der Waals surface area contributed by atoms with Crippen LogP contribution in [0.5, 0.6) is 0 Å². The fraction of sp³-hybridized carbons (Fsp3) is 0.417. The van der Waals surface area contributed by atoms with Crippen molar-refractivity contribution in [2.24, 2.45) is 0 Å². The standard InChI is InChI=1S/C24H26ClN3O2S.ClH/c25-19-3-4-21-17(13-19)5-7-24(21)8-11-27(16-24)9-1-2-10-28-14-20(18-6-12-31-15-18)22(29)26-23(28)30;/h3-4,6,12-15H,1-2,5,7-11,16H2,(H,26,29,30);1H. The molecule has 3 aromatic rings. The minimum Gasteiger partial charge on any atom is -0.302 e. The molecule has 0 radical (unpaired) electrons. The highest BCUT2D eigenvalue weighted by Crippen LogP contribution is 2.46. The van der Waals surface area contributed by atoms with Crippen molar-refractivity contribution in [2.45, 2.75) is 44.1 Å². The normalized spacial score (nSPS) is 19.9. The predicted octanol–water partition coefficient (Wildman–Crippen LogP) is 4.71. The summed E-state index contributed by atoms with van der Waals surface area (Å²) in [5.74, 6) is 0. The van der Waals surface area contributed by atoms with E-state index in [-0.39, 0.29) is 23.7 Å². The number of hydrogen-bond donors (Lipinski definition) is 1. The second-order valence-electron chi connectivity index (χ2n) is 8.82. The third-order valence-electron chi connectivity index (χ3n) is 6.91. The smallest absolute Gasteiger partial charge is 0.302 e. The van der Waals surface area contributed by atoms with Gasteiger partial charge in [0.25, 0.3) is 5.56 Å². The van der Waals surface area contributed by atoms with E-state index in [0.29, 0.717) is 17.5 Å². The van der Waals surface area contributed by atoms with Crippen LogP contribution in [0, 0.1) is 0 Å². The van der Waals surface area contributed by atoms with Gasteiger partial charge in [0.2, 0.25) is 0 Å². The molecule has 2 aromatic heterocycles. The molecule has 1 saturated heterocycles. The molecule has 0 bridgehead atoms. The van der Waals surface area contributed by atoms with E-state index in [1.165, 1.54) is 24.0 Å². The second kappa shape index (κ2) is 9.56. The van der Waals surface area contributed by atoms with Crippen LogP contribution in [0.1, 0.15) is 36.8 Å². The van der Waals surface area contributed by atoms with E-state index in [9.17, 15) is 9.59 Å². The van der Waals surface area contributed by atoms with Crippen molar-refractivity contribution >= 4 is 35.3 Å². The van der Waals surface area contributed by atoms with Gasteiger partial charge in [-0.3, -0.25) is 14.3 Å². The molecule has 1 unspecified atom stereocenters. The lowest BCUT2D eigenvalue weighted by atomic mass is 9.81. The van der Waals surface area contributed by atoms with Crippen molar-refractivity contribution < 1.29 is 0 Å². The maximum Gasteiger partial charge on any atom is 0.328 e. The van der Waals surface area contributed by atoms with Gasteiger partial charge in [-0.1, -0.05) is 17.7 Å². The molecule has 3 heterocycles. The quantitative estimate of drug-likeness (QED) is 0.507. The number of rotatable bonds is 6. The zero-order valence-corrected chi connectivity index (χ0v) is 20.2. The van der Waals surface area contributed by atoms with Gasteiger partial charge in [0.15, 0.2) is 0 Å². The maximum absolute atomic E-state index is 12.2. The number of nitrogens with one attached hydrogen (secondary N) is 1. The zero-order valence-electron chi connectivity index (χ0n) is 17.8. The molecule has 1 aliphatic heterocycles. The molecule has 1 aliphatic carbocycles. The van der Waals surface area contributed by atoms with Gasteiger partial charge in [0, 0.05) is 29.7 Å². The first-order valence-corrected chi connectivity index (χ1v) is 12.2. The minimum atomic E-state index is -0.328. The Bertz CT molecular complexity index is 1200. The van der Waals surface area contributed by atoms with Crippen LogP contribution in [-0.2, 0) is 18.4 Å². The van der Waals surface area contributed by atoms with E-state index < -0.39 is 0 Å². The van der Waals surface area contributed by atoms with Crippen molar-refractivity contribution in [3.63, 3.8) is 0 Å². The lowest BCUT2D eigenvalue weighted by Crippen LogP contribution is -2.31. The number of benzene rings is 1. The number of aryl methyl sites for hydroxylation is 2. The summed E-state index contributed by atoms with van der Waals surface area (Å²) in [6, 6.07) is 8.31. The number of nitrogens with zero attached hydrogens (tertiary/aromatic N) is 2. The molecule has 5 nitrogen and oxygen atoms in total. The van der Waals surface area contributed by atoms with Gasteiger partial charge in [0.1, 0.15) is 0 Å². The van der Waals surface area contributed by atoms with Gasteiger partial charge >= 0.3 is 5.69 Å². The van der Waals surface area contributed by atoms with Gasteiger partial charge in [0.05, 0.1) is 5.56 Å². The van der Waals surface area contributed by atoms with Crippen LogP contribution >= 0.6 is 35.3 Å². The van der Waals surface area contributed by atoms with Crippen LogP contribution in [0.4, 0.5) is 0 Å². The number of thiophene rings is 1. The Balaban J connectivity index is 0.00000245. The van der Waals surface area contributed by atoms with Gasteiger partial charge in [-0.25, -0.2) is 4.79 Å². The van der Waals surface area contributed by atoms with Crippen LogP contribution < -0.4 is 11.2 Å². The highest BCUT2D eigenvalue weighted by atomic mass is 35.5. The summed E-state index contributed by atoms with van der Waals surface area (Å²) in [4.78, 5) is 29.4. The zero-order chi connectivity index (χ0) is 21.4. The summed E-state index contributed by atoms with van der Waals surface area (Å²) >= 11 is 7.73. The highest BCUT2D eigenvalue weighted by Gasteiger charge is 2.43. The molecule has 5 rings (SSSR count).